The first-order valence-electron chi connectivity index (χ1n) is 8.41. The Labute approximate surface area is 141 Å². The molecule has 6 nitrogen and oxygen atoms in total. The minimum atomic E-state index is 0.0613. The van der Waals surface area contributed by atoms with E-state index < -0.39 is 0 Å². The average molecular weight is 338 g/mol. The third-order valence-corrected chi connectivity index (χ3v) is 5.68. The van der Waals surface area contributed by atoms with E-state index >= 15 is 0 Å². The van der Waals surface area contributed by atoms with E-state index in [1.165, 1.54) is 0 Å². The molecule has 1 atom stereocenters. The third-order valence-electron chi connectivity index (χ3n) is 4.61. The van der Waals surface area contributed by atoms with E-state index in [-0.39, 0.29) is 6.03 Å². The van der Waals surface area contributed by atoms with Gasteiger partial charge >= 0.3 is 6.03 Å². The molecular formula is C16H26N4O2S. The molecule has 2 amide bonds. The molecule has 1 aromatic rings. The Morgan fingerprint density at radius 1 is 1.35 bits per heavy atom. The van der Waals surface area contributed by atoms with E-state index in [2.05, 4.69) is 15.2 Å². The lowest BCUT2D eigenvalue weighted by Crippen LogP contribution is -2.49. The van der Waals surface area contributed by atoms with Crippen LogP contribution in [0.2, 0.25) is 0 Å². The number of morpholine rings is 1. The largest absolute Gasteiger partial charge is 0.379 e. The lowest BCUT2D eigenvalue weighted by Gasteiger charge is -2.32. The van der Waals surface area contributed by atoms with Crippen molar-refractivity contribution >= 4 is 17.4 Å². The number of hydrogen-bond donors (Lipinski definition) is 1. The van der Waals surface area contributed by atoms with Crippen LogP contribution in [-0.2, 0) is 11.3 Å². The topological polar surface area (TPSA) is 57.7 Å². The van der Waals surface area contributed by atoms with Gasteiger partial charge in [-0.3, -0.25) is 4.90 Å². The van der Waals surface area contributed by atoms with Crippen LogP contribution in [0.15, 0.2) is 0 Å². The molecule has 7 heteroatoms. The average Bonchev–Trinajstić information content (AvgIpc) is 3.12. The van der Waals surface area contributed by atoms with Gasteiger partial charge in [0.15, 0.2) is 0 Å². The van der Waals surface area contributed by atoms with Crippen LogP contribution in [0.1, 0.15) is 28.4 Å². The molecule has 0 unspecified atom stereocenters. The maximum Gasteiger partial charge on any atom is 0.317 e. The van der Waals surface area contributed by atoms with Crippen LogP contribution in [0.4, 0.5) is 4.79 Å². The van der Waals surface area contributed by atoms with Gasteiger partial charge in [-0.25, -0.2) is 9.78 Å². The van der Waals surface area contributed by atoms with Crippen molar-refractivity contribution < 1.29 is 9.53 Å². The highest BCUT2D eigenvalue weighted by atomic mass is 32.1. The maximum atomic E-state index is 12.5. The Morgan fingerprint density at radius 3 is 2.83 bits per heavy atom. The van der Waals surface area contributed by atoms with Gasteiger partial charge in [0.05, 0.1) is 30.5 Å². The molecule has 0 aliphatic carbocycles. The van der Waals surface area contributed by atoms with Gasteiger partial charge < -0.3 is 15.0 Å². The standard InChI is InChI=1S/C16H26N4O2S/c1-12-15(23-13(2)18-12)10-17-16(21)20-5-3-4-14(20)11-19-6-8-22-9-7-19/h14H,3-11H2,1-2H3,(H,17,21)/t14-/m0/s1. The van der Waals surface area contributed by atoms with E-state index in [1.807, 2.05) is 18.7 Å². The fraction of sp³-hybridized carbons (Fsp3) is 0.750. The van der Waals surface area contributed by atoms with E-state index in [0.29, 0.717) is 12.6 Å². The molecule has 0 spiro atoms. The number of aryl methyl sites for hydroxylation is 2. The minimum absolute atomic E-state index is 0.0613. The third kappa shape index (κ3) is 4.22. The number of hydrogen-bond acceptors (Lipinski definition) is 5. The Hall–Kier alpha value is -1.18. The molecule has 2 aliphatic rings. The number of urea groups is 1. The number of rotatable bonds is 4. The highest BCUT2D eigenvalue weighted by Crippen LogP contribution is 2.20. The first-order valence-corrected chi connectivity index (χ1v) is 9.22. The monoisotopic (exact) mass is 338 g/mol. The van der Waals surface area contributed by atoms with Crippen molar-refractivity contribution in [2.24, 2.45) is 0 Å². The normalized spacial score (nSPS) is 22.5. The van der Waals surface area contributed by atoms with Crippen LogP contribution in [0.5, 0.6) is 0 Å². The van der Waals surface area contributed by atoms with Gasteiger partial charge in [-0.05, 0) is 26.7 Å². The molecule has 3 rings (SSSR count). The molecule has 3 heterocycles. The van der Waals surface area contributed by atoms with E-state index in [0.717, 1.165) is 67.8 Å². The second-order valence-corrected chi connectivity index (χ2v) is 7.59. The van der Waals surface area contributed by atoms with Gasteiger partial charge in [-0.1, -0.05) is 0 Å². The van der Waals surface area contributed by atoms with Crippen molar-refractivity contribution in [2.45, 2.75) is 39.3 Å². The van der Waals surface area contributed by atoms with Gasteiger partial charge in [0.1, 0.15) is 0 Å². The summed E-state index contributed by atoms with van der Waals surface area (Å²) in [6.45, 7) is 9.99. The van der Waals surface area contributed by atoms with Gasteiger partial charge in [-0.15, -0.1) is 11.3 Å². The van der Waals surface area contributed by atoms with Gasteiger partial charge in [-0.2, -0.15) is 0 Å². The zero-order chi connectivity index (χ0) is 16.2. The smallest absolute Gasteiger partial charge is 0.317 e. The predicted molar refractivity (Wildman–Crippen MR) is 90.8 cm³/mol. The number of amides is 2. The molecule has 0 aromatic carbocycles. The number of nitrogens with one attached hydrogen (secondary N) is 1. The van der Waals surface area contributed by atoms with Crippen LogP contribution in [0, 0.1) is 13.8 Å². The highest BCUT2D eigenvalue weighted by molar-refractivity contribution is 7.11. The van der Waals surface area contributed by atoms with Gasteiger partial charge in [0.25, 0.3) is 0 Å². The molecule has 2 fully saturated rings. The summed E-state index contributed by atoms with van der Waals surface area (Å²) in [5, 5.41) is 4.13. The summed E-state index contributed by atoms with van der Waals surface area (Å²) in [6, 6.07) is 0.392. The zero-order valence-corrected chi connectivity index (χ0v) is 14.8. The van der Waals surface area contributed by atoms with Crippen LogP contribution in [0.3, 0.4) is 0 Å². The molecule has 0 saturated carbocycles. The van der Waals surface area contributed by atoms with Crippen molar-refractivity contribution in [1.82, 2.24) is 20.1 Å². The van der Waals surface area contributed by atoms with E-state index in [1.54, 1.807) is 11.3 Å². The SMILES string of the molecule is Cc1nc(C)c(CNC(=O)N2CCC[C@H]2CN2CCOCC2)s1. The molecule has 23 heavy (non-hydrogen) atoms. The predicted octanol–water partition coefficient (Wildman–Crippen LogP) is 1.77. The molecule has 128 valence electrons. The number of nitrogens with zero attached hydrogens (tertiary/aromatic N) is 3. The molecule has 1 N–H and O–H groups in total. The Morgan fingerprint density at radius 2 is 2.13 bits per heavy atom. The molecule has 2 aliphatic heterocycles. The minimum Gasteiger partial charge on any atom is -0.379 e. The Bertz CT molecular complexity index is 542. The van der Waals surface area contributed by atoms with Crippen molar-refractivity contribution in [2.75, 3.05) is 39.4 Å². The molecule has 2 saturated heterocycles. The maximum absolute atomic E-state index is 12.5. The summed E-state index contributed by atoms with van der Waals surface area (Å²) >= 11 is 1.66. The molecule has 0 radical (unpaired) electrons. The van der Waals surface area contributed by atoms with Crippen molar-refractivity contribution in [3.63, 3.8) is 0 Å². The molecule has 1 aromatic heterocycles. The summed E-state index contributed by atoms with van der Waals surface area (Å²) in [5.41, 5.74) is 1.03. The summed E-state index contributed by atoms with van der Waals surface area (Å²) in [4.78, 5) is 22.5. The van der Waals surface area contributed by atoms with Crippen LogP contribution in [-0.4, -0.2) is 66.2 Å². The summed E-state index contributed by atoms with van der Waals surface area (Å²) < 4.78 is 5.40. The lowest BCUT2D eigenvalue weighted by molar-refractivity contribution is 0.0292. The summed E-state index contributed by atoms with van der Waals surface area (Å²) in [7, 11) is 0. The number of carbonyl (C=O) groups excluding carboxylic acids is 1. The second-order valence-electron chi connectivity index (χ2n) is 6.30. The van der Waals surface area contributed by atoms with E-state index in [4.69, 9.17) is 4.74 Å². The first kappa shape index (κ1) is 16.7. The van der Waals surface area contributed by atoms with Crippen molar-refractivity contribution in [3.8, 4) is 0 Å². The second kappa shape index (κ2) is 7.59. The molecule has 0 bridgehead atoms. The first-order chi connectivity index (χ1) is 11.1. The van der Waals surface area contributed by atoms with Gasteiger partial charge in [0.2, 0.25) is 0 Å². The number of aromatic nitrogens is 1. The summed E-state index contributed by atoms with van der Waals surface area (Å²) in [6.07, 6.45) is 2.20. The quantitative estimate of drug-likeness (QED) is 0.909. The van der Waals surface area contributed by atoms with Crippen LogP contribution >= 0.6 is 11.3 Å². The van der Waals surface area contributed by atoms with Gasteiger partial charge in [0, 0.05) is 37.1 Å². The van der Waals surface area contributed by atoms with Crippen LogP contribution < -0.4 is 5.32 Å². The Kier molecular flexibility index (Phi) is 5.50. The number of thiazole rings is 1. The number of ether oxygens (including phenoxy) is 1. The zero-order valence-electron chi connectivity index (χ0n) is 14.0. The Balaban J connectivity index is 1.52. The number of likely N-dealkylation sites (tertiary alicyclic amines) is 1. The summed E-state index contributed by atoms with van der Waals surface area (Å²) in [5.74, 6) is 0. The molecular weight excluding hydrogens is 312 g/mol. The van der Waals surface area contributed by atoms with E-state index in [9.17, 15) is 4.79 Å². The highest BCUT2D eigenvalue weighted by Gasteiger charge is 2.30. The van der Waals surface area contributed by atoms with Crippen molar-refractivity contribution in [1.29, 1.82) is 0 Å². The lowest BCUT2D eigenvalue weighted by atomic mass is 10.2. The fourth-order valence-corrected chi connectivity index (χ4v) is 4.25. The van der Waals surface area contributed by atoms with Crippen molar-refractivity contribution in [3.05, 3.63) is 15.6 Å². The van der Waals surface area contributed by atoms with Crippen LogP contribution in [0.25, 0.3) is 0 Å². The number of carbonyl (C=O) groups is 1. The fourth-order valence-electron chi connectivity index (χ4n) is 3.37.